The number of halogens is 2. The van der Waals surface area contributed by atoms with Crippen molar-refractivity contribution in [1.82, 2.24) is 9.97 Å². The van der Waals surface area contributed by atoms with Crippen molar-refractivity contribution in [2.75, 3.05) is 5.73 Å². The van der Waals surface area contributed by atoms with Gasteiger partial charge in [0.15, 0.2) is 5.65 Å². The number of rotatable bonds is 0. The molecule has 0 spiro atoms. The lowest BCUT2D eigenvalue weighted by Gasteiger charge is -2.00. The Morgan fingerprint density at radius 1 is 1.38 bits per heavy atom. The highest BCUT2D eigenvalue weighted by molar-refractivity contribution is 14.1. The third-order valence-electron chi connectivity index (χ3n) is 1.62. The van der Waals surface area contributed by atoms with Crippen LogP contribution >= 0.6 is 38.5 Å². The molecule has 2 aromatic rings. The number of nitrogen functional groups attached to an aromatic ring is 1. The van der Waals surface area contributed by atoms with E-state index in [1.807, 2.05) is 12.1 Å². The van der Waals surface area contributed by atoms with Crippen molar-refractivity contribution >= 4 is 55.4 Å². The summed E-state index contributed by atoms with van der Waals surface area (Å²) in [7, 11) is 0. The third-order valence-corrected chi connectivity index (χ3v) is 2.91. The fraction of sp³-hybridized carbons (Fsp3) is 0. The molecule has 0 saturated carbocycles. The van der Waals surface area contributed by atoms with Crippen molar-refractivity contribution < 1.29 is 0 Å². The number of aromatic nitrogens is 2. The molecule has 3 nitrogen and oxygen atoms in total. The summed E-state index contributed by atoms with van der Waals surface area (Å²) < 4.78 is 1.90. The Morgan fingerprint density at radius 2 is 2.15 bits per heavy atom. The second-order valence-electron chi connectivity index (χ2n) is 2.56. The number of pyridine rings is 2. The fourth-order valence-electron chi connectivity index (χ4n) is 1.03. The zero-order chi connectivity index (χ0) is 9.42. The van der Waals surface area contributed by atoms with Gasteiger partial charge in [0.05, 0.1) is 3.57 Å². The van der Waals surface area contributed by atoms with E-state index in [2.05, 4.69) is 48.5 Å². The average Bonchev–Trinajstić information content (AvgIpc) is 2.08. The Balaban J connectivity index is 2.81. The van der Waals surface area contributed by atoms with Crippen LogP contribution in [0.2, 0.25) is 0 Å². The Bertz CT molecular complexity index is 472. The molecule has 2 aromatic heterocycles. The first-order valence-corrected chi connectivity index (χ1v) is 5.41. The van der Waals surface area contributed by atoms with Crippen LogP contribution in [0.4, 0.5) is 5.82 Å². The predicted octanol–water partition coefficient (Wildman–Crippen LogP) is 2.58. The van der Waals surface area contributed by atoms with E-state index in [9.17, 15) is 0 Å². The lowest BCUT2D eigenvalue weighted by Crippen LogP contribution is -1.95. The molecule has 0 saturated heterocycles. The second kappa shape index (κ2) is 3.38. The summed E-state index contributed by atoms with van der Waals surface area (Å²) >= 11 is 5.51. The first-order valence-electron chi connectivity index (χ1n) is 3.54. The van der Waals surface area contributed by atoms with E-state index in [0.29, 0.717) is 11.5 Å². The molecule has 0 atom stereocenters. The van der Waals surface area contributed by atoms with E-state index in [4.69, 9.17) is 5.73 Å². The Labute approximate surface area is 97.0 Å². The number of nitrogens with two attached hydrogens (primary N) is 1. The maximum atomic E-state index is 5.65. The van der Waals surface area contributed by atoms with Gasteiger partial charge in [0.25, 0.3) is 0 Å². The highest BCUT2D eigenvalue weighted by atomic mass is 127. The molecular weight excluding hydrogens is 345 g/mol. The van der Waals surface area contributed by atoms with Crippen LogP contribution in [0.15, 0.2) is 22.8 Å². The van der Waals surface area contributed by atoms with Crippen molar-refractivity contribution in [3.8, 4) is 0 Å². The van der Waals surface area contributed by atoms with Crippen molar-refractivity contribution in [3.63, 3.8) is 0 Å². The van der Waals surface area contributed by atoms with Crippen molar-refractivity contribution in [2.45, 2.75) is 0 Å². The van der Waals surface area contributed by atoms with E-state index >= 15 is 0 Å². The van der Waals surface area contributed by atoms with Crippen LogP contribution in [-0.4, -0.2) is 9.97 Å². The molecule has 66 valence electrons. The monoisotopic (exact) mass is 349 g/mol. The molecule has 0 bridgehead atoms. The normalized spacial score (nSPS) is 10.6. The quantitative estimate of drug-likeness (QED) is 0.744. The van der Waals surface area contributed by atoms with Gasteiger partial charge >= 0.3 is 0 Å². The fourth-order valence-corrected chi connectivity index (χ4v) is 1.83. The molecule has 0 fully saturated rings. The molecule has 0 radical (unpaired) electrons. The molecule has 0 amide bonds. The predicted molar refractivity (Wildman–Crippen MR) is 64.4 cm³/mol. The summed E-state index contributed by atoms with van der Waals surface area (Å²) in [5.74, 6) is 0.530. The summed E-state index contributed by atoms with van der Waals surface area (Å²) in [5.41, 5.74) is 6.34. The molecule has 2 heterocycles. The van der Waals surface area contributed by atoms with Gasteiger partial charge in [-0.1, -0.05) is 0 Å². The third kappa shape index (κ3) is 1.76. The van der Waals surface area contributed by atoms with E-state index in [1.54, 1.807) is 6.20 Å². The van der Waals surface area contributed by atoms with Crippen molar-refractivity contribution in [2.24, 2.45) is 0 Å². The summed E-state index contributed by atoms with van der Waals surface area (Å²) in [6.07, 6.45) is 1.71. The van der Waals surface area contributed by atoms with Crippen LogP contribution in [0.25, 0.3) is 11.0 Å². The van der Waals surface area contributed by atoms with Gasteiger partial charge in [0, 0.05) is 16.1 Å². The average molecular weight is 350 g/mol. The van der Waals surface area contributed by atoms with Gasteiger partial charge in [-0.3, -0.25) is 0 Å². The molecule has 0 aliphatic rings. The van der Waals surface area contributed by atoms with Crippen LogP contribution in [0.5, 0.6) is 0 Å². The Morgan fingerprint density at radius 3 is 2.92 bits per heavy atom. The zero-order valence-electron chi connectivity index (χ0n) is 6.46. The van der Waals surface area contributed by atoms with E-state index < -0.39 is 0 Å². The number of hydrogen-bond acceptors (Lipinski definition) is 3. The van der Waals surface area contributed by atoms with Crippen molar-refractivity contribution in [3.05, 3.63) is 26.4 Å². The maximum Gasteiger partial charge on any atom is 0.161 e. The minimum Gasteiger partial charge on any atom is -0.383 e. The molecule has 2 rings (SSSR count). The van der Waals surface area contributed by atoms with E-state index in [-0.39, 0.29) is 0 Å². The number of hydrogen-bond donors (Lipinski definition) is 1. The zero-order valence-corrected chi connectivity index (χ0v) is 10.2. The summed E-state index contributed by atoms with van der Waals surface area (Å²) in [6, 6.07) is 3.94. The lowest BCUT2D eigenvalue weighted by molar-refractivity contribution is 1.27. The SMILES string of the molecule is Nc1nc2ncc(Br)cc2cc1I. The van der Waals surface area contributed by atoms with Crippen LogP contribution < -0.4 is 5.73 Å². The smallest absolute Gasteiger partial charge is 0.161 e. The Kier molecular flexibility index (Phi) is 2.37. The second-order valence-corrected chi connectivity index (χ2v) is 4.63. The molecule has 0 unspecified atom stereocenters. The molecule has 0 aliphatic heterocycles. The van der Waals surface area contributed by atoms with Gasteiger partial charge in [0.1, 0.15) is 5.82 Å². The molecule has 2 N–H and O–H groups in total. The maximum absolute atomic E-state index is 5.65. The highest BCUT2D eigenvalue weighted by Crippen LogP contribution is 2.20. The van der Waals surface area contributed by atoms with Gasteiger partial charge in [-0.15, -0.1) is 0 Å². The molecular formula is C8H5BrIN3. The number of nitrogens with zero attached hydrogens (tertiary/aromatic N) is 2. The van der Waals surface area contributed by atoms with E-state index in [1.165, 1.54) is 0 Å². The van der Waals surface area contributed by atoms with Gasteiger partial charge in [-0.25, -0.2) is 9.97 Å². The molecule has 5 heteroatoms. The summed E-state index contributed by atoms with van der Waals surface area (Å²) in [4.78, 5) is 8.30. The van der Waals surface area contributed by atoms with Crippen molar-refractivity contribution in [1.29, 1.82) is 0 Å². The molecule has 0 aliphatic carbocycles. The lowest BCUT2D eigenvalue weighted by atomic mass is 10.3. The standard InChI is InChI=1S/C8H5BrIN3/c9-5-1-4-2-6(10)7(11)13-8(4)12-3-5/h1-3H,(H2,11,12,13). The van der Waals surface area contributed by atoms with Crippen LogP contribution in [0.1, 0.15) is 0 Å². The van der Waals surface area contributed by atoms with Gasteiger partial charge in [-0.2, -0.15) is 0 Å². The van der Waals surface area contributed by atoms with Gasteiger partial charge in [0.2, 0.25) is 0 Å². The van der Waals surface area contributed by atoms with Gasteiger partial charge < -0.3 is 5.73 Å². The Hall–Kier alpha value is -0.430. The van der Waals surface area contributed by atoms with Crippen LogP contribution in [0.3, 0.4) is 0 Å². The first kappa shape index (κ1) is 9.14. The minimum atomic E-state index is 0.530. The number of anilines is 1. The molecule has 0 aromatic carbocycles. The summed E-state index contributed by atoms with van der Waals surface area (Å²) in [6.45, 7) is 0. The van der Waals surface area contributed by atoms with Gasteiger partial charge in [-0.05, 0) is 50.7 Å². The summed E-state index contributed by atoms with van der Waals surface area (Å²) in [5, 5.41) is 0.993. The highest BCUT2D eigenvalue weighted by Gasteiger charge is 2.02. The van der Waals surface area contributed by atoms with Crippen LogP contribution in [-0.2, 0) is 0 Å². The number of fused-ring (bicyclic) bond motifs is 1. The topological polar surface area (TPSA) is 51.8 Å². The van der Waals surface area contributed by atoms with E-state index in [0.717, 1.165) is 13.4 Å². The molecule has 13 heavy (non-hydrogen) atoms. The van der Waals surface area contributed by atoms with Crippen LogP contribution in [0, 0.1) is 3.57 Å². The first-order chi connectivity index (χ1) is 6.16. The largest absolute Gasteiger partial charge is 0.383 e. The minimum absolute atomic E-state index is 0.530.